The number of aryl methyl sites for hydroxylation is 2. The van der Waals surface area contributed by atoms with Crippen LogP contribution in [0, 0.1) is 6.92 Å². The van der Waals surface area contributed by atoms with Crippen LogP contribution in [0.25, 0.3) is 11.0 Å². The predicted octanol–water partition coefficient (Wildman–Crippen LogP) is 2.41. The molecule has 90 valence electrons. The molecule has 0 spiro atoms. The Bertz CT molecular complexity index is 577. The third kappa shape index (κ3) is 2.52. The molecule has 3 nitrogen and oxygen atoms in total. The average molecular weight is 248 g/mol. The van der Waals surface area contributed by atoms with Gasteiger partial charge in [0, 0.05) is 6.54 Å². The van der Waals surface area contributed by atoms with Gasteiger partial charge in [-0.05, 0) is 37.7 Å². The van der Waals surface area contributed by atoms with Crippen LogP contribution in [0.3, 0.4) is 0 Å². The Balaban J connectivity index is 2.50. The number of fused-ring (bicyclic) bond motifs is 1. The van der Waals surface area contributed by atoms with Gasteiger partial charge >= 0.3 is 0 Å². The molecule has 0 unspecified atom stereocenters. The molecule has 4 heteroatoms. The second kappa shape index (κ2) is 5.36. The maximum absolute atomic E-state index is 12.1. The van der Waals surface area contributed by atoms with Crippen molar-refractivity contribution in [3.05, 3.63) is 40.3 Å². The number of nitrogens with zero attached hydrogens (tertiary/aromatic N) is 2. The van der Waals surface area contributed by atoms with Crippen LogP contribution in [0.15, 0.2) is 29.1 Å². The Kier molecular flexibility index (Phi) is 3.84. The third-order valence-corrected chi connectivity index (χ3v) is 3.12. The standard InChI is InChI=1S/C13H16N2OS/c1-10-13(16)15(8-4-5-9-17)12-7-3-2-6-11(12)14-10/h2-3,6-7,17H,4-5,8-9H2,1H3. The lowest BCUT2D eigenvalue weighted by molar-refractivity contribution is 0.629. The van der Waals surface area contributed by atoms with E-state index in [-0.39, 0.29) is 5.56 Å². The fourth-order valence-electron chi connectivity index (χ4n) is 1.92. The Morgan fingerprint density at radius 3 is 2.82 bits per heavy atom. The summed E-state index contributed by atoms with van der Waals surface area (Å²) >= 11 is 4.19. The van der Waals surface area contributed by atoms with E-state index in [4.69, 9.17) is 0 Å². The van der Waals surface area contributed by atoms with Crippen LogP contribution < -0.4 is 5.56 Å². The lowest BCUT2D eigenvalue weighted by atomic mass is 10.2. The summed E-state index contributed by atoms with van der Waals surface area (Å²) in [6.45, 7) is 2.51. The summed E-state index contributed by atoms with van der Waals surface area (Å²) in [5.74, 6) is 0.858. The van der Waals surface area contributed by atoms with Gasteiger partial charge < -0.3 is 4.57 Å². The molecule has 17 heavy (non-hydrogen) atoms. The highest BCUT2D eigenvalue weighted by atomic mass is 32.1. The Hall–Kier alpha value is -1.29. The van der Waals surface area contributed by atoms with Gasteiger partial charge in [0.2, 0.25) is 0 Å². The zero-order valence-corrected chi connectivity index (χ0v) is 10.8. The average Bonchev–Trinajstić information content (AvgIpc) is 2.34. The second-order valence-corrected chi connectivity index (χ2v) is 4.52. The van der Waals surface area contributed by atoms with Gasteiger partial charge in [-0.25, -0.2) is 4.98 Å². The van der Waals surface area contributed by atoms with E-state index in [0.29, 0.717) is 5.69 Å². The number of unbranched alkanes of at least 4 members (excludes halogenated alkanes) is 1. The van der Waals surface area contributed by atoms with E-state index in [9.17, 15) is 4.79 Å². The molecular formula is C13H16N2OS. The van der Waals surface area contributed by atoms with Crippen LogP contribution in [-0.4, -0.2) is 15.3 Å². The third-order valence-electron chi connectivity index (χ3n) is 2.81. The van der Waals surface area contributed by atoms with E-state index in [1.807, 2.05) is 28.8 Å². The molecule has 0 amide bonds. The van der Waals surface area contributed by atoms with E-state index >= 15 is 0 Å². The fourth-order valence-corrected chi connectivity index (χ4v) is 2.15. The number of hydrogen-bond acceptors (Lipinski definition) is 3. The Morgan fingerprint density at radius 1 is 1.29 bits per heavy atom. The highest BCUT2D eigenvalue weighted by Crippen LogP contribution is 2.10. The van der Waals surface area contributed by atoms with Crippen molar-refractivity contribution < 1.29 is 0 Å². The number of hydrogen-bond donors (Lipinski definition) is 1. The minimum atomic E-state index is 0.0165. The monoisotopic (exact) mass is 248 g/mol. The first-order chi connectivity index (χ1) is 8.24. The molecule has 0 aliphatic carbocycles. The number of thiol groups is 1. The van der Waals surface area contributed by atoms with Gasteiger partial charge in [-0.1, -0.05) is 12.1 Å². The molecular weight excluding hydrogens is 232 g/mol. The summed E-state index contributed by atoms with van der Waals surface area (Å²) < 4.78 is 1.82. The van der Waals surface area contributed by atoms with Crippen LogP contribution >= 0.6 is 12.6 Å². The summed E-state index contributed by atoms with van der Waals surface area (Å²) in [7, 11) is 0. The van der Waals surface area contributed by atoms with Crippen molar-refractivity contribution in [2.24, 2.45) is 0 Å². The van der Waals surface area contributed by atoms with Crippen LogP contribution in [0.4, 0.5) is 0 Å². The second-order valence-electron chi connectivity index (χ2n) is 4.07. The summed E-state index contributed by atoms with van der Waals surface area (Å²) in [4.78, 5) is 16.4. The molecule has 0 fully saturated rings. The van der Waals surface area contributed by atoms with Crippen LogP contribution in [0.5, 0.6) is 0 Å². The van der Waals surface area contributed by atoms with E-state index in [2.05, 4.69) is 17.6 Å². The van der Waals surface area contributed by atoms with Crippen molar-refractivity contribution in [3.63, 3.8) is 0 Å². The normalized spacial score (nSPS) is 10.9. The lowest BCUT2D eigenvalue weighted by Gasteiger charge is -2.10. The zero-order chi connectivity index (χ0) is 12.3. The summed E-state index contributed by atoms with van der Waals surface area (Å²) in [5, 5.41) is 0. The number of aromatic nitrogens is 2. The Morgan fingerprint density at radius 2 is 2.06 bits per heavy atom. The fraction of sp³-hybridized carbons (Fsp3) is 0.385. The Labute approximate surface area is 106 Å². The van der Waals surface area contributed by atoms with Crippen molar-refractivity contribution in [3.8, 4) is 0 Å². The quantitative estimate of drug-likeness (QED) is 0.666. The molecule has 1 aromatic heterocycles. The first-order valence-corrected chi connectivity index (χ1v) is 6.44. The molecule has 2 rings (SSSR count). The number of para-hydroxylation sites is 2. The van der Waals surface area contributed by atoms with Crippen molar-refractivity contribution in [1.82, 2.24) is 9.55 Å². The van der Waals surface area contributed by atoms with Gasteiger partial charge in [0.05, 0.1) is 11.0 Å². The largest absolute Gasteiger partial charge is 0.305 e. The molecule has 2 aromatic rings. The van der Waals surface area contributed by atoms with E-state index < -0.39 is 0 Å². The molecule has 1 heterocycles. The highest BCUT2D eigenvalue weighted by Gasteiger charge is 2.06. The maximum Gasteiger partial charge on any atom is 0.272 e. The maximum atomic E-state index is 12.1. The molecule has 1 aromatic carbocycles. The van der Waals surface area contributed by atoms with Crippen molar-refractivity contribution in [1.29, 1.82) is 0 Å². The van der Waals surface area contributed by atoms with Crippen molar-refractivity contribution in [2.75, 3.05) is 5.75 Å². The summed E-state index contributed by atoms with van der Waals surface area (Å²) in [6.07, 6.45) is 1.99. The van der Waals surface area contributed by atoms with Gasteiger partial charge in [-0.15, -0.1) is 0 Å². The lowest BCUT2D eigenvalue weighted by Crippen LogP contribution is -2.24. The van der Waals surface area contributed by atoms with Gasteiger partial charge in [-0.3, -0.25) is 4.79 Å². The SMILES string of the molecule is Cc1nc2ccccc2n(CCCCS)c1=O. The zero-order valence-electron chi connectivity index (χ0n) is 9.89. The molecule has 0 bridgehead atoms. The van der Waals surface area contributed by atoms with Gasteiger partial charge in [0.15, 0.2) is 0 Å². The minimum absolute atomic E-state index is 0.0165. The van der Waals surface area contributed by atoms with E-state index in [1.54, 1.807) is 6.92 Å². The molecule has 0 saturated heterocycles. The van der Waals surface area contributed by atoms with E-state index in [0.717, 1.165) is 36.2 Å². The summed E-state index contributed by atoms with van der Waals surface area (Å²) in [6, 6.07) is 7.77. The number of rotatable bonds is 4. The smallest absolute Gasteiger partial charge is 0.272 e. The topological polar surface area (TPSA) is 34.9 Å². The molecule has 0 aliphatic heterocycles. The van der Waals surface area contributed by atoms with Crippen LogP contribution in [-0.2, 0) is 6.54 Å². The molecule has 0 aliphatic rings. The van der Waals surface area contributed by atoms with Crippen LogP contribution in [0.1, 0.15) is 18.5 Å². The predicted molar refractivity (Wildman–Crippen MR) is 73.8 cm³/mol. The molecule has 0 atom stereocenters. The first-order valence-electron chi connectivity index (χ1n) is 5.81. The first kappa shape index (κ1) is 12.2. The molecule has 0 N–H and O–H groups in total. The van der Waals surface area contributed by atoms with Gasteiger partial charge in [-0.2, -0.15) is 12.6 Å². The van der Waals surface area contributed by atoms with Crippen molar-refractivity contribution >= 4 is 23.7 Å². The van der Waals surface area contributed by atoms with Gasteiger partial charge in [0.25, 0.3) is 5.56 Å². The highest BCUT2D eigenvalue weighted by molar-refractivity contribution is 7.80. The van der Waals surface area contributed by atoms with Gasteiger partial charge in [0.1, 0.15) is 5.69 Å². The molecule has 0 saturated carbocycles. The minimum Gasteiger partial charge on any atom is -0.305 e. The molecule has 0 radical (unpaired) electrons. The van der Waals surface area contributed by atoms with Crippen LogP contribution in [0.2, 0.25) is 0 Å². The van der Waals surface area contributed by atoms with E-state index in [1.165, 1.54) is 0 Å². The van der Waals surface area contributed by atoms with Crippen molar-refractivity contribution in [2.45, 2.75) is 26.3 Å². The number of benzene rings is 1. The summed E-state index contributed by atoms with van der Waals surface area (Å²) in [5.41, 5.74) is 2.38.